The Morgan fingerprint density at radius 2 is 1.56 bits per heavy atom. The highest BCUT2D eigenvalue weighted by Crippen LogP contribution is 2.28. The molecule has 32 heavy (non-hydrogen) atoms. The van der Waals surface area contributed by atoms with Crippen molar-refractivity contribution in [3.05, 3.63) is 71.8 Å². The number of benzene rings is 2. The minimum Gasteiger partial charge on any atom is -0.354 e. The summed E-state index contributed by atoms with van der Waals surface area (Å²) >= 11 is 0. The molecule has 0 unspecified atom stereocenters. The number of hydrogen-bond donors (Lipinski definition) is 1. The number of amides is 2. The second kappa shape index (κ2) is 10.6. The third-order valence-electron chi connectivity index (χ3n) is 6.65. The van der Waals surface area contributed by atoms with Crippen LogP contribution in [0.1, 0.15) is 63.5 Å². The lowest BCUT2D eigenvalue weighted by atomic mass is 9.84. The van der Waals surface area contributed by atoms with Gasteiger partial charge in [-0.05, 0) is 36.8 Å². The second-order valence-corrected chi connectivity index (χ2v) is 9.18. The van der Waals surface area contributed by atoms with E-state index in [1.54, 1.807) is 13.8 Å². The fraction of sp³-hybridized carbons (Fsp3) is 0.444. The molecule has 0 spiro atoms. The number of carbonyl (C=O) groups excluding carboxylic acids is 3. The molecule has 5 heteroatoms. The van der Waals surface area contributed by atoms with Crippen molar-refractivity contribution < 1.29 is 14.4 Å². The Morgan fingerprint density at radius 3 is 2.09 bits per heavy atom. The zero-order valence-corrected chi connectivity index (χ0v) is 19.3. The SMILES string of the molecule is CCC(C)(C)C(=O)C(=O)N1CCC[C@H]1C(=O)NCCC(c1ccccc1)c1ccccc1. The number of hydrogen-bond acceptors (Lipinski definition) is 3. The smallest absolute Gasteiger partial charge is 0.291 e. The first-order chi connectivity index (χ1) is 15.3. The van der Waals surface area contributed by atoms with Gasteiger partial charge in [-0.3, -0.25) is 14.4 Å². The van der Waals surface area contributed by atoms with E-state index in [0.717, 1.165) is 12.8 Å². The summed E-state index contributed by atoms with van der Waals surface area (Å²) in [5.74, 6) is -0.933. The standard InChI is InChI=1S/C27H34N2O3/c1-4-27(2,3)24(30)26(32)29-19-11-16-23(29)25(31)28-18-17-22(20-12-7-5-8-13-20)21-14-9-6-10-15-21/h5-10,12-15,22-23H,4,11,16-19H2,1-3H3,(H,28,31)/t23-/m0/s1. The van der Waals surface area contributed by atoms with Crippen molar-refractivity contribution in [1.29, 1.82) is 0 Å². The molecule has 1 aliphatic heterocycles. The maximum absolute atomic E-state index is 12.9. The first kappa shape index (κ1) is 23.7. The largest absolute Gasteiger partial charge is 0.354 e. The van der Waals surface area contributed by atoms with Crippen molar-refractivity contribution in [2.75, 3.05) is 13.1 Å². The van der Waals surface area contributed by atoms with E-state index in [2.05, 4.69) is 29.6 Å². The van der Waals surface area contributed by atoms with E-state index in [1.807, 2.05) is 43.3 Å². The van der Waals surface area contributed by atoms with Gasteiger partial charge in [0.15, 0.2) is 0 Å². The Balaban J connectivity index is 1.64. The van der Waals surface area contributed by atoms with Crippen LogP contribution >= 0.6 is 0 Å². The zero-order chi connectivity index (χ0) is 23.1. The van der Waals surface area contributed by atoms with Crippen molar-refractivity contribution in [3.63, 3.8) is 0 Å². The number of rotatable bonds is 9. The van der Waals surface area contributed by atoms with Crippen molar-refractivity contribution in [1.82, 2.24) is 10.2 Å². The molecule has 3 rings (SSSR count). The molecule has 0 aromatic heterocycles. The minimum absolute atomic E-state index is 0.169. The molecule has 2 amide bonds. The molecular weight excluding hydrogens is 400 g/mol. The summed E-state index contributed by atoms with van der Waals surface area (Å²) < 4.78 is 0. The molecule has 1 fully saturated rings. The monoisotopic (exact) mass is 434 g/mol. The van der Waals surface area contributed by atoms with Gasteiger partial charge >= 0.3 is 0 Å². The lowest BCUT2D eigenvalue weighted by Crippen LogP contribution is -2.50. The maximum atomic E-state index is 12.9. The van der Waals surface area contributed by atoms with Crippen LogP contribution in [0.5, 0.6) is 0 Å². The van der Waals surface area contributed by atoms with Gasteiger partial charge in [-0.25, -0.2) is 0 Å². The highest BCUT2D eigenvalue weighted by molar-refractivity contribution is 6.38. The van der Waals surface area contributed by atoms with Crippen LogP contribution in [0, 0.1) is 5.41 Å². The van der Waals surface area contributed by atoms with E-state index in [4.69, 9.17) is 0 Å². The Morgan fingerprint density at radius 1 is 1.00 bits per heavy atom. The molecule has 5 nitrogen and oxygen atoms in total. The molecule has 0 aliphatic carbocycles. The Kier molecular flexibility index (Phi) is 7.84. The maximum Gasteiger partial charge on any atom is 0.291 e. The van der Waals surface area contributed by atoms with Gasteiger partial charge < -0.3 is 10.2 Å². The van der Waals surface area contributed by atoms with E-state index < -0.39 is 23.1 Å². The van der Waals surface area contributed by atoms with Crippen LogP contribution in [0.25, 0.3) is 0 Å². The van der Waals surface area contributed by atoms with Crippen LogP contribution in [-0.2, 0) is 14.4 Å². The molecule has 2 aromatic rings. The average molecular weight is 435 g/mol. The highest BCUT2D eigenvalue weighted by atomic mass is 16.2. The van der Waals surface area contributed by atoms with Crippen LogP contribution in [0.15, 0.2) is 60.7 Å². The molecule has 1 N–H and O–H groups in total. The first-order valence-electron chi connectivity index (χ1n) is 11.6. The van der Waals surface area contributed by atoms with E-state index in [9.17, 15) is 14.4 Å². The van der Waals surface area contributed by atoms with E-state index in [0.29, 0.717) is 25.9 Å². The number of nitrogens with zero attached hydrogens (tertiary/aromatic N) is 1. The van der Waals surface area contributed by atoms with Crippen molar-refractivity contribution in [2.45, 2.75) is 58.4 Å². The molecule has 2 aromatic carbocycles. The van der Waals surface area contributed by atoms with E-state index in [1.165, 1.54) is 16.0 Å². The summed E-state index contributed by atoms with van der Waals surface area (Å²) in [5.41, 5.74) is 1.70. The third kappa shape index (κ3) is 5.45. The second-order valence-electron chi connectivity index (χ2n) is 9.18. The van der Waals surface area contributed by atoms with Gasteiger partial charge in [0.2, 0.25) is 11.7 Å². The Hall–Kier alpha value is -2.95. The van der Waals surface area contributed by atoms with E-state index in [-0.39, 0.29) is 11.8 Å². The number of Topliss-reactive ketones (excluding diaryl/α,β-unsaturated/α-hetero) is 1. The molecule has 1 heterocycles. The Labute approximate surface area is 191 Å². The van der Waals surface area contributed by atoms with Gasteiger partial charge in [-0.1, -0.05) is 81.4 Å². The summed E-state index contributed by atoms with van der Waals surface area (Å²) in [6.45, 7) is 6.42. The van der Waals surface area contributed by atoms with Gasteiger partial charge in [-0.15, -0.1) is 0 Å². The van der Waals surface area contributed by atoms with Crippen LogP contribution < -0.4 is 5.32 Å². The molecule has 0 saturated carbocycles. The molecule has 170 valence electrons. The quantitative estimate of drug-likeness (QED) is 0.598. The van der Waals surface area contributed by atoms with E-state index >= 15 is 0 Å². The number of nitrogens with one attached hydrogen (secondary N) is 1. The summed E-state index contributed by atoms with van der Waals surface area (Å²) in [6, 6.07) is 20.0. The zero-order valence-electron chi connectivity index (χ0n) is 19.3. The predicted molar refractivity (Wildman–Crippen MR) is 126 cm³/mol. The highest BCUT2D eigenvalue weighted by Gasteiger charge is 2.41. The van der Waals surface area contributed by atoms with Crippen LogP contribution in [0.2, 0.25) is 0 Å². The molecule has 0 bridgehead atoms. The van der Waals surface area contributed by atoms with Crippen LogP contribution in [0.3, 0.4) is 0 Å². The summed E-state index contributed by atoms with van der Waals surface area (Å²) in [6.07, 6.45) is 2.67. The fourth-order valence-electron chi connectivity index (χ4n) is 4.22. The van der Waals surface area contributed by atoms with Crippen molar-refractivity contribution in [3.8, 4) is 0 Å². The summed E-state index contributed by atoms with van der Waals surface area (Å²) in [7, 11) is 0. The lowest BCUT2D eigenvalue weighted by Gasteiger charge is -2.28. The predicted octanol–water partition coefficient (Wildman–Crippen LogP) is 4.32. The molecule has 1 aliphatic rings. The summed E-state index contributed by atoms with van der Waals surface area (Å²) in [4.78, 5) is 39.9. The number of carbonyl (C=O) groups is 3. The molecule has 1 saturated heterocycles. The number of ketones is 1. The van der Waals surface area contributed by atoms with Crippen LogP contribution in [-0.4, -0.2) is 41.6 Å². The average Bonchev–Trinajstić information content (AvgIpc) is 3.32. The van der Waals surface area contributed by atoms with Gasteiger partial charge in [-0.2, -0.15) is 0 Å². The molecule has 1 atom stereocenters. The van der Waals surface area contributed by atoms with Crippen LogP contribution in [0.4, 0.5) is 0 Å². The fourth-order valence-corrected chi connectivity index (χ4v) is 4.22. The normalized spacial score (nSPS) is 16.2. The van der Waals surface area contributed by atoms with Gasteiger partial charge in [0.05, 0.1) is 0 Å². The number of likely N-dealkylation sites (tertiary alicyclic amines) is 1. The third-order valence-corrected chi connectivity index (χ3v) is 6.65. The van der Waals surface area contributed by atoms with Gasteiger partial charge in [0, 0.05) is 24.4 Å². The topological polar surface area (TPSA) is 66.5 Å². The Bertz CT molecular complexity index is 885. The van der Waals surface area contributed by atoms with Gasteiger partial charge in [0.1, 0.15) is 6.04 Å². The van der Waals surface area contributed by atoms with Crippen molar-refractivity contribution >= 4 is 17.6 Å². The minimum atomic E-state index is -0.709. The van der Waals surface area contributed by atoms with Crippen molar-refractivity contribution in [2.24, 2.45) is 5.41 Å². The van der Waals surface area contributed by atoms with Gasteiger partial charge in [0.25, 0.3) is 5.91 Å². The summed E-state index contributed by atoms with van der Waals surface area (Å²) in [5, 5.41) is 3.03. The molecular formula is C27H34N2O3. The molecule has 0 radical (unpaired) electrons. The first-order valence-corrected chi connectivity index (χ1v) is 11.6. The lowest BCUT2D eigenvalue weighted by molar-refractivity contribution is -0.151.